The van der Waals surface area contributed by atoms with Crippen LogP contribution in [0.15, 0.2) is 18.2 Å². The van der Waals surface area contributed by atoms with E-state index in [4.69, 9.17) is 5.84 Å². The summed E-state index contributed by atoms with van der Waals surface area (Å²) in [5.41, 5.74) is 4.28. The molecule has 1 amide bonds. The van der Waals surface area contributed by atoms with Crippen LogP contribution < -0.4 is 11.3 Å². The number of benzene rings is 1. The molecule has 5 heteroatoms. The van der Waals surface area contributed by atoms with Crippen LogP contribution in [0, 0.1) is 6.92 Å². The lowest BCUT2D eigenvalue weighted by atomic mass is 10.1. The van der Waals surface area contributed by atoms with E-state index in [2.05, 4.69) is 15.6 Å². The van der Waals surface area contributed by atoms with Crippen LogP contribution in [0.25, 0.3) is 10.9 Å². The number of carbonyl (C=O) groups excluding carboxylic acids is 1. The lowest BCUT2D eigenvalue weighted by Crippen LogP contribution is -2.30. The van der Waals surface area contributed by atoms with Crippen molar-refractivity contribution in [3.63, 3.8) is 0 Å². The van der Waals surface area contributed by atoms with E-state index in [0.29, 0.717) is 5.69 Å². The maximum absolute atomic E-state index is 11.3. The van der Waals surface area contributed by atoms with E-state index < -0.39 is 0 Å². The van der Waals surface area contributed by atoms with Crippen LogP contribution in [0.3, 0.4) is 0 Å². The fraction of sp³-hybridized carbons (Fsp3) is 0.111. The van der Waals surface area contributed by atoms with Gasteiger partial charge < -0.3 is 0 Å². The molecule has 14 heavy (non-hydrogen) atoms. The zero-order chi connectivity index (χ0) is 10.1. The average molecular weight is 190 g/mol. The van der Waals surface area contributed by atoms with Crippen molar-refractivity contribution in [2.45, 2.75) is 6.92 Å². The molecule has 0 spiro atoms. The largest absolute Gasteiger partial charge is 0.289 e. The van der Waals surface area contributed by atoms with Gasteiger partial charge in [-0.2, -0.15) is 5.10 Å². The number of aryl methyl sites for hydroxylation is 1. The lowest BCUT2D eigenvalue weighted by Gasteiger charge is -1.95. The first-order chi connectivity index (χ1) is 6.72. The Hall–Kier alpha value is -1.88. The smallest absolute Gasteiger partial charge is 0.286 e. The molecule has 1 aromatic heterocycles. The molecule has 4 N–H and O–H groups in total. The maximum Gasteiger partial charge on any atom is 0.286 e. The molecule has 0 bridgehead atoms. The normalized spacial score (nSPS) is 10.4. The molecular weight excluding hydrogens is 180 g/mol. The lowest BCUT2D eigenvalue weighted by molar-refractivity contribution is 0.0950. The minimum absolute atomic E-state index is 0.325. The molecule has 2 aromatic rings. The molecule has 2 rings (SSSR count). The standard InChI is InChI=1S/C9H10N4O/c1-5-2-3-7-6(4-5)8(13-12-7)9(14)11-10/h2-4H,10H2,1H3,(H,11,14)(H,12,13). The first kappa shape index (κ1) is 8.71. The highest BCUT2D eigenvalue weighted by molar-refractivity contribution is 6.04. The van der Waals surface area contributed by atoms with Crippen molar-refractivity contribution >= 4 is 16.8 Å². The third kappa shape index (κ3) is 1.23. The number of hydrogen-bond acceptors (Lipinski definition) is 3. The van der Waals surface area contributed by atoms with Crippen molar-refractivity contribution in [2.24, 2.45) is 5.84 Å². The number of rotatable bonds is 1. The van der Waals surface area contributed by atoms with Crippen molar-refractivity contribution in [3.05, 3.63) is 29.5 Å². The van der Waals surface area contributed by atoms with E-state index >= 15 is 0 Å². The Balaban J connectivity index is 2.67. The van der Waals surface area contributed by atoms with Gasteiger partial charge in [0.15, 0.2) is 5.69 Å². The number of amides is 1. The van der Waals surface area contributed by atoms with Gasteiger partial charge in [0.1, 0.15) is 0 Å². The molecule has 0 saturated carbocycles. The number of nitrogens with one attached hydrogen (secondary N) is 2. The number of fused-ring (bicyclic) bond motifs is 1. The molecule has 0 unspecified atom stereocenters. The summed E-state index contributed by atoms with van der Waals surface area (Å²) in [4.78, 5) is 11.3. The van der Waals surface area contributed by atoms with Crippen LogP contribution in [0.5, 0.6) is 0 Å². The van der Waals surface area contributed by atoms with Gasteiger partial charge in [-0.05, 0) is 19.1 Å². The van der Waals surface area contributed by atoms with Gasteiger partial charge in [0, 0.05) is 5.39 Å². The zero-order valence-corrected chi connectivity index (χ0v) is 7.66. The summed E-state index contributed by atoms with van der Waals surface area (Å²) >= 11 is 0. The van der Waals surface area contributed by atoms with E-state index in [1.54, 1.807) is 0 Å². The molecule has 0 fully saturated rings. The molecular formula is C9H10N4O. The van der Waals surface area contributed by atoms with E-state index in [0.717, 1.165) is 16.5 Å². The Bertz CT molecular complexity index is 489. The van der Waals surface area contributed by atoms with Crippen LogP contribution >= 0.6 is 0 Å². The third-order valence-corrected chi connectivity index (χ3v) is 2.06. The van der Waals surface area contributed by atoms with Gasteiger partial charge in [0.25, 0.3) is 5.91 Å². The molecule has 0 atom stereocenters. The molecule has 0 aliphatic rings. The van der Waals surface area contributed by atoms with Crippen LogP contribution in [-0.4, -0.2) is 16.1 Å². The second-order valence-electron chi connectivity index (χ2n) is 3.09. The van der Waals surface area contributed by atoms with Gasteiger partial charge >= 0.3 is 0 Å². The Morgan fingerprint density at radius 2 is 2.36 bits per heavy atom. The highest BCUT2D eigenvalue weighted by Gasteiger charge is 2.12. The molecule has 0 saturated heterocycles. The van der Waals surface area contributed by atoms with Gasteiger partial charge in [-0.15, -0.1) is 0 Å². The highest BCUT2D eigenvalue weighted by atomic mass is 16.2. The van der Waals surface area contributed by atoms with Crippen LogP contribution in [0.4, 0.5) is 0 Å². The summed E-state index contributed by atoms with van der Waals surface area (Å²) < 4.78 is 0. The first-order valence-electron chi connectivity index (χ1n) is 4.18. The highest BCUT2D eigenvalue weighted by Crippen LogP contribution is 2.16. The molecule has 72 valence electrons. The SMILES string of the molecule is Cc1ccc2[nH]nc(C(=O)NN)c2c1. The Morgan fingerprint density at radius 1 is 1.57 bits per heavy atom. The van der Waals surface area contributed by atoms with Gasteiger partial charge in [-0.25, -0.2) is 5.84 Å². The van der Waals surface area contributed by atoms with E-state index in [1.165, 1.54) is 0 Å². The molecule has 1 aromatic carbocycles. The fourth-order valence-electron chi connectivity index (χ4n) is 1.37. The van der Waals surface area contributed by atoms with E-state index in [1.807, 2.05) is 25.1 Å². The number of carbonyl (C=O) groups is 1. The average Bonchev–Trinajstić information content (AvgIpc) is 2.59. The van der Waals surface area contributed by atoms with Gasteiger partial charge in [0.2, 0.25) is 0 Å². The molecule has 0 aliphatic carbocycles. The molecule has 0 aliphatic heterocycles. The van der Waals surface area contributed by atoms with Crippen molar-refractivity contribution < 1.29 is 4.79 Å². The monoisotopic (exact) mass is 190 g/mol. The predicted octanol–water partition coefficient (Wildman–Crippen LogP) is 0.475. The van der Waals surface area contributed by atoms with Crippen molar-refractivity contribution in [1.29, 1.82) is 0 Å². The van der Waals surface area contributed by atoms with Crippen molar-refractivity contribution in [3.8, 4) is 0 Å². The number of nitrogen functional groups attached to an aromatic ring is 1. The fourth-order valence-corrected chi connectivity index (χ4v) is 1.37. The second-order valence-corrected chi connectivity index (χ2v) is 3.09. The minimum Gasteiger partial charge on any atom is -0.289 e. The number of hydrazine groups is 1. The number of nitrogens with zero attached hydrogens (tertiary/aromatic N) is 1. The van der Waals surface area contributed by atoms with Gasteiger partial charge in [0.05, 0.1) is 5.52 Å². The summed E-state index contributed by atoms with van der Waals surface area (Å²) in [6, 6.07) is 5.72. The van der Waals surface area contributed by atoms with Crippen LogP contribution in [-0.2, 0) is 0 Å². The summed E-state index contributed by atoms with van der Waals surface area (Å²) in [5.74, 6) is 4.65. The Kier molecular flexibility index (Phi) is 1.94. The maximum atomic E-state index is 11.3. The number of aromatic nitrogens is 2. The molecule has 0 radical (unpaired) electrons. The van der Waals surface area contributed by atoms with Crippen LogP contribution in [0.1, 0.15) is 16.1 Å². The molecule has 1 heterocycles. The molecule has 5 nitrogen and oxygen atoms in total. The van der Waals surface area contributed by atoms with Gasteiger partial charge in [-0.1, -0.05) is 11.6 Å². The predicted molar refractivity (Wildman–Crippen MR) is 52.5 cm³/mol. The van der Waals surface area contributed by atoms with E-state index in [9.17, 15) is 4.79 Å². The van der Waals surface area contributed by atoms with Crippen molar-refractivity contribution in [2.75, 3.05) is 0 Å². The summed E-state index contributed by atoms with van der Waals surface area (Å²) in [6.07, 6.45) is 0. The quantitative estimate of drug-likeness (QED) is 0.347. The number of aromatic amines is 1. The van der Waals surface area contributed by atoms with Crippen LogP contribution in [0.2, 0.25) is 0 Å². The third-order valence-electron chi connectivity index (χ3n) is 2.06. The second kappa shape index (κ2) is 3.12. The Labute approximate surface area is 80.3 Å². The summed E-state index contributed by atoms with van der Waals surface area (Å²) in [7, 11) is 0. The summed E-state index contributed by atoms with van der Waals surface area (Å²) in [6.45, 7) is 1.95. The van der Waals surface area contributed by atoms with E-state index in [-0.39, 0.29) is 5.91 Å². The zero-order valence-electron chi connectivity index (χ0n) is 7.66. The van der Waals surface area contributed by atoms with Crippen molar-refractivity contribution in [1.82, 2.24) is 15.6 Å². The number of hydrogen-bond donors (Lipinski definition) is 3. The number of H-pyrrole nitrogens is 1. The summed E-state index contributed by atoms with van der Waals surface area (Å²) in [5, 5.41) is 7.44. The topological polar surface area (TPSA) is 83.8 Å². The first-order valence-corrected chi connectivity index (χ1v) is 4.18. The van der Waals surface area contributed by atoms with Gasteiger partial charge in [-0.3, -0.25) is 15.3 Å². The Morgan fingerprint density at radius 3 is 3.07 bits per heavy atom. The number of nitrogens with two attached hydrogens (primary N) is 1. The minimum atomic E-state index is -0.387.